The molecule has 0 atom stereocenters. The van der Waals surface area contributed by atoms with Crippen molar-refractivity contribution in [3.8, 4) is 5.75 Å². The molecule has 7 nitrogen and oxygen atoms in total. The molecular weight excluding hydrogens is 529 g/mol. The highest BCUT2D eigenvalue weighted by Gasteiger charge is 2.36. The van der Waals surface area contributed by atoms with E-state index in [0.29, 0.717) is 5.75 Å². The molecule has 0 amide bonds. The predicted molar refractivity (Wildman–Crippen MR) is 105 cm³/mol. The molecule has 1 aliphatic rings. The molecule has 1 aliphatic heterocycles. The number of hydrogen-bond acceptors (Lipinski definition) is 5. The van der Waals surface area contributed by atoms with Gasteiger partial charge in [-0.15, -0.1) is 0 Å². The first-order valence-electron chi connectivity index (χ1n) is 8.01. The molecule has 1 saturated heterocycles. The fourth-order valence-electron chi connectivity index (χ4n) is 2.82. The van der Waals surface area contributed by atoms with E-state index in [-0.39, 0.29) is 31.1 Å². The Hall–Kier alpha value is -1.35. The van der Waals surface area contributed by atoms with E-state index in [4.69, 9.17) is 3.07 Å². The van der Waals surface area contributed by atoms with Gasteiger partial charge in [-0.25, -0.2) is 25.6 Å². The molecule has 1 heterocycles. The fourth-order valence-corrected chi connectivity index (χ4v) is 6.07. The maximum Gasteiger partial charge on any atom is 0.249 e. The van der Waals surface area contributed by atoms with Crippen molar-refractivity contribution in [1.82, 2.24) is 8.61 Å². The summed E-state index contributed by atoms with van der Waals surface area (Å²) in [5.74, 6) is -1.89. The molecule has 0 aromatic heterocycles. The number of hydrogen-bond donors (Lipinski definition) is 0. The van der Waals surface area contributed by atoms with Gasteiger partial charge in [-0.2, -0.15) is 8.61 Å². The SMILES string of the molecule is O=S(=O)(c1ccc(OI)cc1)N1CCN(S(=O)(=O)c2c(F)cccc2F)CC1. The summed E-state index contributed by atoms with van der Waals surface area (Å²) in [7, 11) is -8.25. The Bertz CT molecular complexity index is 1050. The molecule has 0 saturated carbocycles. The van der Waals surface area contributed by atoms with Gasteiger partial charge in [0.05, 0.1) is 4.90 Å². The smallest absolute Gasteiger partial charge is 0.249 e. The van der Waals surface area contributed by atoms with E-state index in [0.717, 1.165) is 26.8 Å². The van der Waals surface area contributed by atoms with Crippen LogP contribution in [0.2, 0.25) is 0 Å². The van der Waals surface area contributed by atoms with E-state index >= 15 is 0 Å². The Morgan fingerprint density at radius 1 is 0.786 bits per heavy atom. The first-order valence-corrected chi connectivity index (χ1v) is 11.8. The largest absolute Gasteiger partial charge is 0.428 e. The lowest BCUT2D eigenvalue weighted by Gasteiger charge is -2.33. The minimum Gasteiger partial charge on any atom is -0.428 e. The summed E-state index contributed by atoms with van der Waals surface area (Å²) < 4.78 is 85.4. The van der Waals surface area contributed by atoms with E-state index in [1.165, 1.54) is 24.3 Å². The second-order valence-corrected chi connectivity index (χ2v) is 10.2. The van der Waals surface area contributed by atoms with Crippen LogP contribution in [-0.4, -0.2) is 51.6 Å². The lowest BCUT2D eigenvalue weighted by Crippen LogP contribution is -2.50. The van der Waals surface area contributed by atoms with Gasteiger partial charge in [-0.3, -0.25) is 0 Å². The molecule has 1 fully saturated rings. The molecule has 0 bridgehead atoms. The quantitative estimate of drug-likeness (QED) is 0.541. The molecule has 0 N–H and O–H groups in total. The maximum atomic E-state index is 13.9. The molecule has 3 rings (SSSR count). The summed E-state index contributed by atoms with van der Waals surface area (Å²) in [5.41, 5.74) is 0. The standard InChI is InChI=1S/C16H15F2IN2O5S2/c17-14-2-1-3-15(18)16(14)28(24,25)21-10-8-20(9-11-21)27(22,23)13-6-4-12(26-19)5-7-13/h1-7H,8-11H2. The molecule has 12 heteroatoms. The zero-order valence-corrected chi connectivity index (χ0v) is 18.0. The molecule has 0 radical (unpaired) electrons. The van der Waals surface area contributed by atoms with Crippen LogP contribution in [0.25, 0.3) is 0 Å². The normalized spacial score (nSPS) is 16.8. The van der Waals surface area contributed by atoms with Gasteiger partial charge in [0.2, 0.25) is 20.0 Å². The molecule has 0 aliphatic carbocycles. The van der Waals surface area contributed by atoms with Crippen LogP contribution >= 0.6 is 23.0 Å². The molecule has 2 aromatic rings. The van der Waals surface area contributed by atoms with Gasteiger partial charge in [0.25, 0.3) is 0 Å². The van der Waals surface area contributed by atoms with E-state index in [1.807, 2.05) is 0 Å². The average molecular weight is 544 g/mol. The van der Waals surface area contributed by atoms with Crippen LogP contribution in [0.1, 0.15) is 0 Å². The summed E-state index contributed by atoms with van der Waals surface area (Å²) in [6.45, 7) is -0.709. The van der Waals surface area contributed by atoms with Crippen molar-refractivity contribution < 1.29 is 28.7 Å². The number of sulfonamides is 2. The van der Waals surface area contributed by atoms with Gasteiger partial charge in [0.1, 0.15) is 17.4 Å². The van der Waals surface area contributed by atoms with Crippen LogP contribution in [0, 0.1) is 11.6 Å². The van der Waals surface area contributed by atoms with Crippen LogP contribution in [-0.2, 0) is 20.0 Å². The van der Waals surface area contributed by atoms with Crippen molar-refractivity contribution in [2.45, 2.75) is 9.79 Å². The zero-order valence-electron chi connectivity index (χ0n) is 14.3. The number of nitrogens with zero attached hydrogens (tertiary/aromatic N) is 2. The minimum absolute atomic E-state index is 0.0427. The highest BCUT2D eigenvalue weighted by Crippen LogP contribution is 2.26. The number of piperazine rings is 1. The molecule has 152 valence electrons. The van der Waals surface area contributed by atoms with Gasteiger partial charge in [-0.1, -0.05) is 6.07 Å². The summed E-state index contributed by atoms with van der Waals surface area (Å²) in [6.07, 6.45) is 0. The second-order valence-electron chi connectivity index (χ2n) is 5.91. The Labute approximate surface area is 175 Å². The Balaban J connectivity index is 1.78. The van der Waals surface area contributed by atoms with E-state index in [9.17, 15) is 25.6 Å². The topological polar surface area (TPSA) is 84.0 Å². The van der Waals surface area contributed by atoms with Gasteiger partial charge in [0, 0.05) is 26.2 Å². The summed E-state index contributed by atoms with van der Waals surface area (Å²) >= 11 is 1.67. The monoisotopic (exact) mass is 544 g/mol. The van der Waals surface area contributed by atoms with Crippen LogP contribution in [0.5, 0.6) is 5.75 Å². The maximum absolute atomic E-state index is 13.9. The van der Waals surface area contributed by atoms with Crippen LogP contribution in [0.3, 0.4) is 0 Å². The van der Waals surface area contributed by atoms with Gasteiger partial charge < -0.3 is 3.07 Å². The minimum atomic E-state index is -4.42. The second kappa shape index (κ2) is 8.18. The Morgan fingerprint density at radius 3 is 1.71 bits per heavy atom. The highest BCUT2D eigenvalue weighted by atomic mass is 127. The lowest BCUT2D eigenvalue weighted by molar-refractivity contribution is 0.271. The third-order valence-electron chi connectivity index (χ3n) is 4.27. The van der Waals surface area contributed by atoms with Crippen LogP contribution < -0.4 is 3.07 Å². The first kappa shape index (κ1) is 21.4. The molecule has 0 spiro atoms. The number of rotatable bonds is 5. The molecule has 2 aromatic carbocycles. The van der Waals surface area contributed by atoms with Gasteiger partial charge in [0.15, 0.2) is 27.9 Å². The highest BCUT2D eigenvalue weighted by molar-refractivity contribution is 14.1. The van der Waals surface area contributed by atoms with Crippen molar-refractivity contribution in [1.29, 1.82) is 0 Å². The Kier molecular flexibility index (Phi) is 6.24. The first-order chi connectivity index (χ1) is 13.2. The van der Waals surface area contributed by atoms with Crippen molar-refractivity contribution in [3.63, 3.8) is 0 Å². The predicted octanol–water partition coefficient (Wildman–Crippen LogP) is 2.39. The van der Waals surface area contributed by atoms with E-state index in [1.54, 1.807) is 23.0 Å². The molecular formula is C16H15F2IN2O5S2. The van der Waals surface area contributed by atoms with Gasteiger partial charge >= 0.3 is 0 Å². The average Bonchev–Trinajstić information content (AvgIpc) is 2.68. The molecule has 0 unspecified atom stereocenters. The van der Waals surface area contributed by atoms with E-state index < -0.39 is 36.6 Å². The third kappa shape index (κ3) is 4.01. The summed E-state index contributed by atoms with van der Waals surface area (Å²) in [5, 5.41) is 0. The number of benzene rings is 2. The van der Waals surface area contributed by atoms with Gasteiger partial charge in [-0.05, 0) is 36.4 Å². The lowest BCUT2D eigenvalue weighted by atomic mass is 10.3. The van der Waals surface area contributed by atoms with Crippen molar-refractivity contribution >= 4 is 43.1 Å². The Morgan fingerprint density at radius 2 is 1.25 bits per heavy atom. The van der Waals surface area contributed by atoms with Crippen LogP contribution in [0.4, 0.5) is 8.78 Å². The fraction of sp³-hybridized carbons (Fsp3) is 0.250. The zero-order chi connectivity index (χ0) is 20.5. The van der Waals surface area contributed by atoms with Crippen molar-refractivity contribution in [2.75, 3.05) is 26.2 Å². The van der Waals surface area contributed by atoms with Crippen LogP contribution in [0.15, 0.2) is 52.3 Å². The number of halogens is 3. The molecule has 28 heavy (non-hydrogen) atoms. The third-order valence-corrected chi connectivity index (χ3v) is 8.64. The van der Waals surface area contributed by atoms with Crippen molar-refractivity contribution in [3.05, 3.63) is 54.1 Å². The van der Waals surface area contributed by atoms with E-state index in [2.05, 4.69) is 0 Å². The van der Waals surface area contributed by atoms with Crippen molar-refractivity contribution in [2.24, 2.45) is 0 Å². The summed E-state index contributed by atoms with van der Waals surface area (Å²) in [6, 6.07) is 8.58. The summed E-state index contributed by atoms with van der Waals surface area (Å²) in [4.78, 5) is -0.984.